The van der Waals surface area contributed by atoms with Crippen molar-refractivity contribution in [3.8, 4) is 0 Å². The average molecular weight is 384 g/mol. The second-order valence-corrected chi connectivity index (χ2v) is 8.08. The van der Waals surface area contributed by atoms with Gasteiger partial charge in [-0.05, 0) is 50.2 Å². The summed E-state index contributed by atoms with van der Waals surface area (Å²) in [5, 5.41) is 0. The van der Waals surface area contributed by atoms with E-state index >= 15 is 0 Å². The Kier molecular flexibility index (Phi) is 5.64. The van der Waals surface area contributed by atoms with Crippen LogP contribution in [0.15, 0.2) is 24.3 Å². The molecule has 0 radical (unpaired) electrons. The number of fused-ring (bicyclic) bond motifs is 1. The number of amides is 2. The zero-order chi connectivity index (χ0) is 19.5. The van der Waals surface area contributed by atoms with Crippen molar-refractivity contribution in [1.82, 2.24) is 4.90 Å². The first-order valence-electron chi connectivity index (χ1n) is 10.5. The summed E-state index contributed by atoms with van der Waals surface area (Å²) >= 11 is 0. The van der Waals surface area contributed by atoms with Crippen molar-refractivity contribution in [3.63, 3.8) is 0 Å². The van der Waals surface area contributed by atoms with Gasteiger partial charge < -0.3 is 14.5 Å². The SMILES string of the molecule is O=C(OCC(=O)N1CCC[C@@H]2CCCC[C@@H]21)c1ccccc1N1CCCC1=O. The highest BCUT2D eigenvalue weighted by Crippen LogP contribution is 2.35. The van der Waals surface area contributed by atoms with E-state index in [0.29, 0.717) is 36.2 Å². The van der Waals surface area contributed by atoms with Crippen molar-refractivity contribution >= 4 is 23.5 Å². The van der Waals surface area contributed by atoms with E-state index in [0.717, 1.165) is 25.8 Å². The highest BCUT2D eigenvalue weighted by molar-refractivity contribution is 6.03. The molecule has 3 fully saturated rings. The van der Waals surface area contributed by atoms with Gasteiger partial charge >= 0.3 is 5.97 Å². The molecule has 0 spiro atoms. The summed E-state index contributed by atoms with van der Waals surface area (Å²) in [6, 6.07) is 7.28. The number of nitrogens with zero attached hydrogens (tertiary/aromatic N) is 2. The van der Waals surface area contributed by atoms with Crippen LogP contribution in [0.2, 0.25) is 0 Å². The summed E-state index contributed by atoms with van der Waals surface area (Å²) in [6.07, 6.45) is 8.20. The number of hydrogen-bond acceptors (Lipinski definition) is 4. The van der Waals surface area contributed by atoms with E-state index in [1.807, 2.05) is 4.90 Å². The number of carbonyl (C=O) groups excluding carboxylic acids is 3. The summed E-state index contributed by atoms with van der Waals surface area (Å²) in [5.41, 5.74) is 0.924. The average Bonchev–Trinajstić information content (AvgIpc) is 3.17. The molecule has 1 aromatic carbocycles. The highest BCUT2D eigenvalue weighted by Gasteiger charge is 2.36. The number of anilines is 1. The second-order valence-electron chi connectivity index (χ2n) is 8.08. The fourth-order valence-corrected chi connectivity index (χ4v) is 5.01. The standard InChI is InChI=1S/C22H28N2O4/c25-20-12-6-14-24(20)19-11-4-2-9-17(19)22(27)28-15-21(26)23-13-5-8-16-7-1-3-10-18(16)23/h2,4,9,11,16,18H,1,3,5-8,10,12-15H2/t16-,18-/m0/s1. The predicted molar refractivity (Wildman–Crippen MR) is 105 cm³/mol. The zero-order valence-electron chi connectivity index (χ0n) is 16.3. The van der Waals surface area contributed by atoms with Gasteiger partial charge in [-0.2, -0.15) is 0 Å². The normalized spacial score (nSPS) is 24.8. The van der Waals surface area contributed by atoms with Crippen LogP contribution >= 0.6 is 0 Å². The first-order valence-corrected chi connectivity index (χ1v) is 10.5. The Bertz CT molecular complexity index is 761. The van der Waals surface area contributed by atoms with Crippen molar-refractivity contribution in [2.45, 2.75) is 57.4 Å². The molecule has 6 nitrogen and oxygen atoms in total. The van der Waals surface area contributed by atoms with Crippen LogP contribution < -0.4 is 4.90 Å². The van der Waals surface area contributed by atoms with Gasteiger partial charge in [-0.15, -0.1) is 0 Å². The van der Waals surface area contributed by atoms with Crippen LogP contribution in [0.5, 0.6) is 0 Å². The number of carbonyl (C=O) groups is 3. The summed E-state index contributed by atoms with van der Waals surface area (Å²) < 4.78 is 5.39. The van der Waals surface area contributed by atoms with Crippen LogP contribution in [0.3, 0.4) is 0 Å². The number of rotatable bonds is 4. The topological polar surface area (TPSA) is 66.9 Å². The van der Waals surface area contributed by atoms with E-state index in [4.69, 9.17) is 4.74 Å². The Balaban J connectivity index is 1.41. The minimum atomic E-state index is -0.541. The lowest BCUT2D eigenvalue weighted by atomic mass is 9.78. The molecular formula is C22H28N2O4. The molecule has 0 unspecified atom stereocenters. The van der Waals surface area contributed by atoms with Gasteiger partial charge in [0, 0.05) is 25.6 Å². The van der Waals surface area contributed by atoms with Gasteiger partial charge in [0.15, 0.2) is 6.61 Å². The van der Waals surface area contributed by atoms with Gasteiger partial charge in [0.25, 0.3) is 5.91 Å². The van der Waals surface area contributed by atoms with Gasteiger partial charge in [0.2, 0.25) is 5.91 Å². The summed E-state index contributed by atoms with van der Waals surface area (Å²) in [4.78, 5) is 41.1. The molecule has 0 N–H and O–H groups in total. The lowest BCUT2D eigenvalue weighted by molar-refractivity contribution is -0.140. The quantitative estimate of drug-likeness (QED) is 0.748. The van der Waals surface area contributed by atoms with Crippen molar-refractivity contribution in [2.24, 2.45) is 5.92 Å². The molecule has 0 bridgehead atoms. The van der Waals surface area contributed by atoms with Gasteiger partial charge in [0.05, 0.1) is 11.3 Å². The Hall–Kier alpha value is -2.37. The largest absolute Gasteiger partial charge is 0.452 e. The molecule has 1 aromatic rings. The maximum atomic E-state index is 12.8. The second kappa shape index (κ2) is 8.33. The van der Waals surface area contributed by atoms with E-state index in [2.05, 4.69) is 0 Å². The zero-order valence-corrected chi connectivity index (χ0v) is 16.3. The Morgan fingerprint density at radius 2 is 1.79 bits per heavy atom. The van der Waals surface area contributed by atoms with Crippen molar-refractivity contribution < 1.29 is 19.1 Å². The highest BCUT2D eigenvalue weighted by atomic mass is 16.5. The van der Waals surface area contributed by atoms with E-state index in [9.17, 15) is 14.4 Å². The van der Waals surface area contributed by atoms with Crippen LogP contribution in [-0.4, -0.2) is 48.4 Å². The predicted octanol–water partition coefficient (Wildman–Crippen LogP) is 3.15. The smallest absolute Gasteiger partial charge is 0.340 e. The summed E-state index contributed by atoms with van der Waals surface area (Å²) in [6.45, 7) is 1.14. The van der Waals surface area contributed by atoms with Crippen molar-refractivity contribution in [3.05, 3.63) is 29.8 Å². The minimum Gasteiger partial charge on any atom is -0.452 e. The Labute approximate surface area is 165 Å². The fourth-order valence-electron chi connectivity index (χ4n) is 5.01. The van der Waals surface area contributed by atoms with Gasteiger partial charge in [-0.1, -0.05) is 25.0 Å². The minimum absolute atomic E-state index is 0.0213. The number of benzene rings is 1. The molecule has 1 aliphatic carbocycles. The van der Waals surface area contributed by atoms with E-state index < -0.39 is 5.97 Å². The molecule has 2 amide bonds. The van der Waals surface area contributed by atoms with Crippen LogP contribution in [0.1, 0.15) is 61.7 Å². The summed E-state index contributed by atoms with van der Waals surface area (Å²) in [7, 11) is 0. The number of esters is 1. The Morgan fingerprint density at radius 3 is 2.61 bits per heavy atom. The van der Waals surface area contributed by atoms with Crippen molar-refractivity contribution in [1.29, 1.82) is 0 Å². The molecule has 150 valence electrons. The van der Waals surface area contributed by atoms with E-state index in [1.54, 1.807) is 29.2 Å². The van der Waals surface area contributed by atoms with Crippen LogP contribution in [-0.2, 0) is 14.3 Å². The molecule has 28 heavy (non-hydrogen) atoms. The molecule has 6 heteroatoms. The van der Waals surface area contributed by atoms with Gasteiger partial charge in [-0.3, -0.25) is 9.59 Å². The van der Waals surface area contributed by atoms with E-state index in [1.165, 1.54) is 25.7 Å². The monoisotopic (exact) mass is 384 g/mol. The van der Waals surface area contributed by atoms with Gasteiger partial charge in [-0.25, -0.2) is 4.79 Å². The molecule has 2 aliphatic heterocycles. The fraction of sp³-hybridized carbons (Fsp3) is 0.591. The van der Waals surface area contributed by atoms with Gasteiger partial charge in [0.1, 0.15) is 0 Å². The summed E-state index contributed by atoms with van der Waals surface area (Å²) in [5.74, 6) is -0.0161. The maximum Gasteiger partial charge on any atom is 0.340 e. The van der Waals surface area contributed by atoms with Crippen LogP contribution in [0.25, 0.3) is 0 Å². The third-order valence-corrected chi connectivity index (χ3v) is 6.38. The van der Waals surface area contributed by atoms with Crippen LogP contribution in [0, 0.1) is 5.92 Å². The Morgan fingerprint density at radius 1 is 1.00 bits per heavy atom. The number of para-hydroxylation sites is 1. The number of likely N-dealkylation sites (tertiary alicyclic amines) is 1. The third-order valence-electron chi connectivity index (χ3n) is 6.38. The molecule has 1 saturated carbocycles. The van der Waals surface area contributed by atoms with Crippen LogP contribution in [0.4, 0.5) is 5.69 Å². The lowest BCUT2D eigenvalue weighted by Crippen LogP contribution is -2.50. The maximum absolute atomic E-state index is 12.8. The third kappa shape index (κ3) is 3.77. The molecule has 2 atom stereocenters. The molecule has 3 aliphatic rings. The first kappa shape index (κ1) is 19.0. The number of piperidine rings is 1. The molecule has 2 heterocycles. The molecule has 0 aromatic heterocycles. The van der Waals surface area contributed by atoms with Crippen molar-refractivity contribution in [2.75, 3.05) is 24.6 Å². The number of hydrogen-bond donors (Lipinski definition) is 0. The lowest BCUT2D eigenvalue weighted by Gasteiger charge is -2.44. The van der Waals surface area contributed by atoms with E-state index in [-0.39, 0.29) is 18.4 Å². The molecular weight excluding hydrogens is 356 g/mol. The first-order chi connectivity index (χ1) is 13.6. The molecule has 4 rings (SSSR count). The number of ether oxygens (including phenoxy) is 1. The molecule has 2 saturated heterocycles.